The Hall–Kier alpha value is -1.12. The highest BCUT2D eigenvalue weighted by molar-refractivity contribution is 5.98. The van der Waals surface area contributed by atoms with Crippen LogP contribution in [0, 0.1) is 5.41 Å². The fourth-order valence-electron chi connectivity index (χ4n) is 1.17. The van der Waals surface area contributed by atoms with Crippen molar-refractivity contribution in [2.75, 3.05) is 7.05 Å². The minimum Gasteiger partial charge on any atom is -0.384 e. The molecule has 0 unspecified atom stereocenters. The van der Waals surface area contributed by atoms with E-state index < -0.39 is 0 Å². The Morgan fingerprint density at radius 3 is 2.73 bits per heavy atom. The van der Waals surface area contributed by atoms with Gasteiger partial charge in [0.1, 0.15) is 5.84 Å². The van der Waals surface area contributed by atoms with Crippen LogP contribution >= 0.6 is 0 Å². The second kappa shape index (κ2) is 3.32. The molecule has 60 valence electrons. The molecular weight excluding hydrogens is 138 g/mol. The largest absolute Gasteiger partial charge is 0.384 e. The number of amidine groups is 1. The molecule has 1 aliphatic rings. The van der Waals surface area contributed by atoms with Gasteiger partial charge in [-0.1, -0.05) is 6.08 Å². The molecule has 0 amide bonds. The topological polar surface area (TPSA) is 62.2 Å². The highest BCUT2D eigenvalue weighted by atomic mass is 14.7. The molecule has 0 bridgehead atoms. The monoisotopic (exact) mass is 151 g/mol. The second-order valence-electron chi connectivity index (χ2n) is 2.64. The summed E-state index contributed by atoms with van der Waals surface area (Å²) in [6.45, 7) is 0. The molecule has 0 aliphatic heterocycles. The highest BCUT2D eigenvalue weighted by Gasteiger charge is 2.09. The van der Waals surface area contributed by atoms with Gasteiger partial charge in [0.2, 0.25) is 0 Å². The molecule has 0 aromatic heterocycles. The number of allylic oxidation sites excluding steroid dienone is 1. The van der Waals surface area contributed by atoms with Crippen molar-refractivity contribution in [3.05, 3.63) is 11.6 Å². The van der Waals surface area contributed by atoms with Crippen molar-refractivity contribution < 1.29 is 0 Å². The van der Waals surface area contributed by atoms with Crippen molar-refractivity contribution in [3.63, 3.8) is 0 Å². The quantitative estimate of drug-likeness (QED) is 0.428. The SMILES string of the molecule is CN=C1CC=C(C(=N)N)CC1. The van der Waals surface area contributed by atoms with Gasteiger partial charge in [-0.2, -0.15) is 0 Å². The number of aliphatic imine (C=N–C) groups is 1. The lowest BCUT2D eigenvalue weighted by Crippen LogP contribution is -2.17. The maximum Gasteiger partial charge on any atom is 0.118 e. The van der Waals surface area contributed by atoms with Gasteiger partial charge in [0.05, 0.1) is 0 Å². The van der Waals surface area contributed by atoms with Gasteiger partial charge in [-0.3, -0.25) is 10.4 Å². The number of nitrogens with zero attached hydrogens (tertiary/aromatic N) is 1. The summed E-state index contributed by atoms with van der Waals surface area (Å²) in [5, 5.41) is 7.18. The lowest BCUT2D eigenvalue weighted by atomic mass is 9.97. The molecule has 1 aliphatic carbocycles. The van der Waals surface area contributed by atoms with Gasteiger partial charge < -0.3 is 5.73 Å². The van der Waals surface area contributed by atoms with Crippen molar-refractivity contribution in [2.45, 2.75) is 19.3 Å². The smallest absolute Gasteiger partial charge is 0.118 e. The Morgan fingerprint density at radius 2 is 2.36 bits per heavy atom. The molecule has 0 saturated heterocycles. The van der Waals surface area contributed by atoms with Crippen LogP contribution in [0.4, 0.5) is 0 Å². The van der Waals surface area contributed by atoms with E-state index in [1.165, 1.54) is 5.71 Å². The van der Waals surface area contributed by atoms with Crippen molar-refractivity contribution in [3.8, 4) is 0 Å². The molecule has 3 heteroatoms. The van der Waals surface area contributed by atoms with Crippen molar-refractivity contribution in [1.82, 2.24) is 0 Å². The molecule has 3 N–H and O–H groups in total. The molecule has 3 nitrogen and oxygen atoms in total. The summed E-state index contributed by atoms with van der Waals surface area (Å²) in [4.78, 5) is 4.10. The lowest BCUT2D eigenvalue weighted by molar-refractivity contribution is 0.983. The third kappa shape index (κ3) is 1.90. The van der Waals surface area contributed by atoms with Crippen LogP contribution in [0.5, 0.6) is 0 Å². The van der Waals surface area contributed by atoms with Gasteiger partial charge >= 0.3 is 0 Å². The predicted octanol–water partition coefficient (Wildman–Crippen LogP) is 1.10. The van der Waals surface area contributed by atoms with Gasteiger partial charge in [0, 0.05) is 19.2 Å². The molecule has 0 aromatic carbocycles. The van der Waals surface area contributed by atoms with Crippen molar-refractivity contribution in [1.29, 1.82) is 5.41 Å². The number of hydrogen-bond acceptors (Lipinski definition) is 2. The molecule has 1 rings (SSSR count). The zero-order valence-electron chi connectivity index (χ0n) is 6.72. The van der Waals surface area contributed by atoms with Gasteiger partial charge in [0.15, 0.2) is 0 Å². The Balaban J connectivity index is 2.64. The van der Waals surface area contributed by atoms with Crippen LogP contribution in [0.3, 0.4) is 0 Å². The molecule has 0 saturated carbocycles. The molecule has 0 fully saturated rings. The first-order valence-corrected chi connectivity index (χ1v) is 3.72. The Morgan fingerprint density at radius 1 is 1.64 bits per heavy atom. The third-order valence-corrected chi connectivity index (χ3v) is 1.93. The van der Waals surface area contributed by atoms with Crippen LogP contribution in [-0.4, -0.2) is 18.6 Å². The van der Waals surface area contributed by atoms with E-state index in [2.05, 4.69) is 4.99 Å². The van der Waals surface area contributed by atoms with Crippen LogP contribution in [0.25, 0.3) is 0 Å². The van der Waals surface area contributed by atoms with Crippen LogP contribution in [0.1, 0.15) is 19.3 Å². The van der Waals surface area contributed by atoms with E-state index in [1.54, 1.807) is 0 Å². The Bertz CT molecular complexity index is 225. The Labute approximate surface area is 66.5 Å². The standard InChI is InChI=1S/C8H13N3/c1-11-7-4-2-6(3-5-7)8(9)10/h2H,3-5H2,1H3,(H3,9,10). The molecule has 0 radical (unpaired) electrons. The highest BCUT2D eigenvalue weighted by Crippen LogP contribution is 2.14. The molecule has 0 atom stereocenters. The van der Waals surface area contributed by atoms with E-state index in [4.69, 9.17) is 11.1 Å². The summed E-state index contributed by atoms with van der Waals surface area (Å²) in [6, 6.07) is 0. The maximum atomic E-state index is 7.18. The number of nitrogens with one attached hydrogen (secondary N) is 1. The van der Waals surface area contributed by atoms with E-state index in [1.807, 2.05) is 13.1 Å². The summed E-state index contributed by atoms with van der Waals surface area (Å²) in [6.07, 6.45) is 4.70. The molecule has 0 aromatic rings. The fraction of sp³-hybridized carbons (Fsp3) is 0.500. The zero-order valence-corrected chi connectivity index (χ0v) is 6.72. The van der Waals surface area contributed by atoms with E-state index in [0.717, 1.165) is 24.8 Å². The predicted molar refractivity (Wildman–Crippen MR) is 47.2 cm³/mol. The minimum atomic E-state index is 0.208. The van der Waals surface area contributed by atoms with Crippen molar-refractivity contribution >= 4 is 11.5 Å². The molecular formula is C8H13N3. The van der Waals surface area contributed by atoms with Crippen LogP contribution in [0.2, 0.25) is 0 Å². The van der Waals surface area contributed by atoms with Gasteiger partial charge in [-0.15, -0.1) is 0 Å². The maximum absolute atomic E-state index is 7.18. The first-order chi connectivity index (χ1) is 5.24. The third-order valence-electron chi connectivity index (χ3n) is 1.93. The van der Waals surface area contributed by atoms with Gasteiger partial charge in [-0.25, -0.2) is 0 Å². The number of nitrogens with two attached hydrogens (primary N) is 1. The lowest BCUT2D eigenvalue weighted by Gasteiger charge is -2.12. The van der Waals surface area contributed by atoms with Gasteiger partial charge in [0.25, 0.3) is 0 Å². The zero-order chi connectivity index (χ0) is 8.27. The fourth-order valence-corrected chi connectivity index (χ4v) is 1.17. The van der Waals surface area contributed by atoms with Crippen molar-refractivity contribution in [2.24, 2.45) is 10.7 Å². The summed E-state index contributed by atoms with van der Waals surface area (Å²) < 4.78 is 0. The minimum absolute atomic E-state index is 0.208. The molecule has 0 spiro atoms. The van der Waals surface area contributed by atoms with E-state index >= 15 is 0 Å². The van der Waals surface area contributed by atoms with Crippen LogP contribution in [0.15, 0.2) is 16.6 Å². The summed E-state index contributed by atoms with van der Waals surface area (Å²) in [7, 11) is 1.81. The first kappa shape index (κ1) is 7.98. The van der Waals surface area contributed by atoms with Crippen LogP contribution < -0.4 is 5.73 Å². The summed E-state index contributed by atoms with van der Waals surface area (Å²) in [5.41, 5.74) is 7.50. The second-order valence-corrected chi connectivity index (χ2v) is 2.64. The summed E-state index contributed by atoms with van der Waals surface area (Å²) in [5.74, 6) is 0.208. The van der Waals surface area contributed by atoms with Crippen LogP contribution in [-0.2, 0) is 0 Å². The van der Waals surface area contributed by atoms with E-state index in [-0.39, 0.29) is 5.84 Å². The average molecular weight is 151 g/mol. The average Bonchev–Trinajstić information content (AvgIpc) is 2.05. The van der Waals surface area contributed by atoms with E-state index in [9.17, 15) is 0 Å². The first-order valence-electron chi connectivity index (χ1n) is 3.72. The van der Waals surface area contributed by atoms with E-state index in [0.29, 0.717) is 0 Å². The normalized spacial score (nSPS) is 21.5. The number of rotatable bonds is 1. The molecule has 0 heterocycles. The summed E-state index contributed by atoms with van der Waals surface area (Å²) >= 11 is 0. The number of hydrogen-bond donors (Lipinski definition) is 2. The molecule has 11 heavy (non-hydrogen) atoms. The van der Waals surface area contributed by atoms with Gasteiger partial charge in [-0.05, 0) is 18.4 Å². The Kier molecular flexibility index (Phi) is 2.41.